The lowest BCUT2D eigenvalue weighted by atomic mass is 9.81. The number of rotatable bonds is 5. The molecule has 1 rings (SSSR count). The van der Waals surface area contributed by atoms with Crippen LogP contribution in [0.15, 0.2) is 0 Å². The number of hydrogen-bond donors (Lipinski definition) is 0. The topological polar surface area (TPSA) is 63.7 Å². The van der Waals surface area contributed by atoms with Gasteiger partial charge in [0.1, 0.15) is 17.2 Å². The molecule has 0 aromatic rings. The number of likely N-dealkylation sites (tertiary alicyclic amines) is 1. The highest BCUT2D eigenvalue weighted by molar-refractivity contribution is 6.03. The number of carbonyl (C=O) groups excluding carboxylic acids is 3. The highest BCUT2D eigenvalue weighted by Gasteiger charge is 2.43. The first-order valence-corrected chi connectivity index (χ1v) is 8.69. The van der Waals surface area contributed by atoms with Crippen molar-refractivity contribution >= 4 is 17.7 Å². The van der Waals surface area contributed by atoms with Crippen molar-refractivity contribution in [2.45, 2.75) is 91.3 Å². The molecule has 5 heteroatoms. The van der Waals surface area contributed by atoms with E-state index in [4.69, 9.17) is 4.74 Å². The molecule has 0 aliphatic carbocycles. The number of piperidine rings is 1. The zero-order valence-electron chi connectivity index (χ0n) is 15.3. The Bertz CT molecular complexity index is 436. The number of Topliss-reactive ketones (excluding diaryl/α,β-unsaturated/α-hetero) is 2. The predicted octanol–water partition coefficient (Wildman–Crippen LogP) is 3.74. The van der Waals surface area contributed by atoms with Crippen molar-refractivity contribution in [2.75, 3.05) is 0 Å². The summed E-state index contributed by atoms with van der Waals surface area (Å²) in [7, 11) is 0. The van der Waals surface area contributed by atoms with Gasteiger partial charge in [0.2, 0.25) is 0 Å². The molecule has 0 aromatic carbocycles. The van der Waals surface area contributed by atoms with Crippen molar-refractivity contribution in [3.05, 3.63) is 0 Å². The number of carbonyl (C=O) groups is 3. The molecular weight excluding hydrogens is 294 g/mol. The number of hydrogen-bond acceptors (Lipinski definition) is 4. The van der Waals surface area contributed by atoms with Crippen LogP contribution in [0.2, 0.25) is 0 Å². The predicted molar refractivity (Wildman–Crippen MR) is 89.3 cm³/mol. The summed E-state index contributed by atoms with van der Waals surface area (Å²) in [5.41, 5.74) is -0.599. The lowest BCUT2D eigenvalue weighted by molar-refractivity contribution is -0.136. The smallest absolute Gasteiger partial charge is 0.410 e. The molecule has 2 atom stereocenters. The average Bonchev–Trinajstić information content (AvgIpc) is 2.45. The SMILES string of the molecule is CCC(=O)C(C(=O)CC)C1CCCC(C)N1C(=O)OC(C)(C)C. The van der Waals surface area contributed by atoms with Crippen LogP contribution in [0, 0.1) is 5.92 Å². The Labute approximate surface area is 139 Å². The Morgan fingerprint density at radius 3 is 2.04 bits per heavy atom. The third-order valence-electron chi connectivity index (χ3n) is 4.33. The van der Waals surface area contributed by atoms with E-state index in [1.165, 1.54) is 0 Å². The van der Waals surface area contributed by atoms with Gasteiger partial charge < -0.3 is 9.64 Å². The molecular formula is C18H31NO4. The molecule has 1 fully saturated rings. The number of ketones is 2. The maximum Gasteiger partial charge on any atom is 0.410 e. The van der Waals surface area contributed by atoms with Crippen LogP contribution in [0.1, 0.15) is 73.6 Å². The van der Waals surface area contributed by atoms with E-state index < -0.39 is 17.6 Å². The molecule has 1 aliphatic heterocycles. The van der Waals surface area contributed by atoms with Gasteiger partial charge in [-0.25, -0.2) is 4.79 Å². The van der Waals surface area contributed by atoms with Crippen LogP contribution in [0.5, 0.6) is 0 Å². The standard InChI is InChI=1S/C18H31NO4/c1-7-14(20)16(15(21)8-2)13-11-9-10-12(3)19(13)17(22)23-18(4,5)6/h12-13,16H,7-11H2,1-6H3. The Morgan fingerprint density at radius 2 is 1.61 bits per heavy atom. The van der Waals surface area contributed by atoms with E-state index in [0.717, 1.165) is 12.8 Å². The summed E-state index contributed by atoms with van der Waals surface area (Å²) < 4.78 is 5.52. The fourth-order valence-electron chi connectivity index (χ4n) is 3.23. The van der Waals surface area contributed by atoms with Crippen LogP contribution < -0.4 is 0 Å². The molecule has 132 valence electrons. The molecule has 2 unspecified atom stereocenters. The zero-order chi connectivity index (χ0) is 17.8. The van der Waals surface area contributed by atoms with E-state index in [-0.39, 0.29) is 23.7 Å². The van der Waals surface area contributed by atoms with E-state index in [1.54, 1.807) is 18.7 Å². The Balaban J connectivity index is 3.13. The Hall–Kier alpha value is -1.39. The van der Waals surface area contributed by atoms with Crippen molar-refractivity contribution in [3.63, 3.8) is 0 Å². The van der Waals surface area contributed by atoms with Crippen molar-refractivity contribution < 1.29 is 19.1 Å². The molecule has 1 heterocycles. The molecule has 0 saturated carbocycles. The zero-order valence-corrected chi connectivity index (χ0v) is 15.3. The molecule has 23 heavy (non-hydrogen) atoms. The van der Waals surface area contributed by atoms with Gasteiger partial charge in [0, 0.05) is 18.9 Å². The maximum atomic E-state index is 12.6. The monoisotopic (exact) mass is 325 g/mol. The van der Waals surface area contributed by atoms with E-state index in [9.17, 15) is 14.4 Å². The van der Waals surface area contributed by atoms with Gasteiger partial charge in [-0.05, 0) is 47.0 Å². The van der Waals surface area contributed by atoms with Crippen LogP contribution in [0.25, 0.3) is 0 Å². The molecule has 1 aliphatic rings. The summed E-state index contributed by atoms with van der Waals surface area (Å²) in [5, 5.41) is 0. The van der Waals surface area contributed by atoms with E-state index in [2.05, 4.69) is 0 Å². The van der Waals surface area contributed by atoms with Crippen molar-refractivity contribution in [1.82, 2.24) is 4.90 Å². The third kappa shape index (κ3) is 5.05. The number of nitrogens with zero attached hydrogens (tertiary/aromatic N) is 1. The minimum absolute atomic E-state index is 0.0274. The normalized spacial score (nSPS) is 22.1. The summed E-state index contributed by atoms with van der Waals surface area (Å²) in [5.74, 6) is -0.880. The molecule has 1 saturated heterocycles. The molecule has 1 amide bonds. The lowest BCUT2D eigenvalue weighted by Crippen LogP contribution is -2.56. The Morgan fingerprint density at radius 1 is 1.09 bits per heavy atom. The Kier molecular flexibility index (Phi) is 6.78. The van der Waals surface area contributed by atoms with Crippen molar-refractivity contribution in [3.8, 4) is 0 Å². The van der Waals surface area contributed by atoms with Gasteiger partial charge in [0.25, 0.3) is 0 Å². The third-order valence-corrected chi connectivity index (χ3v) is 4.33. The van der Waals surface area contributed by atoms with E-state index in [1.807, 2.05) is 27.7 Å². The largest absolute Gasteiger partial charge is 0.444 e. The molecule has 5 nitrogen and oxygen atoms in total. The van der Waals surface area contributed by atoms with E-state index >= 15 is 0 Å². The highest BCUT2D eigenvalue weighted by Crippen LogP contribution is 2.31. The molecule has 0 aromatic heterocycles. The van der Waals surface area contributed by atoms with Crippen molar-refractivity contribution in [2.24, 2.45) is 5.92 Å². The summed E-state index contributed by atoms with van der Waals surface area (Å²) >= 11 is 0. The molecule has 0 radical (unpaired) electrons. The van der Waals surface area contributed by atoms with Gasteiger partial charge in [-0.1, -0.05) is 13.8 Å². The second-order valence-corrected chi connectivity index (χ2v) is 7.35. The van der Waals surface area contributed by atoms with Gasteiger partial charge in [-0.3, -0.25) is 9.59 Å². The van der Waals surface area contributed by atoms with Crippen LogP contribution in [0.4, 0.5) is 4.79 Å². The minimum atomic E-state index is -0.722. The summed E-state index contributed by atoms with van der Waals surface area (Å²) in [4.78, 5) is 39.0. The lowest BCUT2D eigenvalue weighted by Gasteiger charge is -2.43. The van der Waals surface area contributed by atoms with Gasteiger partial charge in [-0.2, -0.15) is 0 Å². The van der Waals surface area contributed by atoms with E-state index in [0.29, 0.717) is 19.3 Å². The van der Waals surface area contributed by atoms with Crippen LogP contribution in [-0.2, 0) is 14.3 Å². The van der Waals surface area contributed by atoms with Crippen LogP contribution in [0.3, 0.4) is 0 Å². The second-order valence-electron chi connectivity index (χ2n) is 7.35. The summed E-state index contributed by atoms with van der Waals surface area (Å²) in [6.45, 7) is 11.0. The highest BCUT2D eigenvalue weighted by atomic mass is 16.6. The average molecular weight is 325 g/mol. The molecule has 0 spiro atoms. The maximum absolute atomic E-state index is 12.6. The fourth-order valence-corrected chi connectivity index (χ4v) is 3.23. The molecule has 0 bridgehead atoms. The number of ether oxygens (including phenoxy) is 1. The van der Waals surface area contributed by atoms with Crippen LogP contribution >= 0.6 is 0 Å². The first kappa shape index (κ1) is 19.7. The quantitative estimate of drug-likeness (QED) is 0.722. The fraction of sp³-hybridized carbons (Fsp3) is 0.833. The molecule has 0 N–H and O–H groups in total. The van der Waals surface area contributed by atoms with Gasteiger partial charge in [0.15, 0.2) is 0 Å². The minimum Gasteiger partial charge on any atom is -0.444 e. The van der Waals surface area contributed by atoms with Gasteiger partial charge in [-0.15, -0.1) is 0 Å². The van der Waals surface area contributed by atoms with Gasteiger partial charge in [0.05, 0.1) is 12.0 Å². The van der Waals surface area contributed by atoms with Gasteiger partial charge >= 0.3 is 6.09 Å². The first-order chi connectivity index (χ1) is 10.6. The second kappa shape index (κ2) is 7.93. The summed E-state index contributed by atoms with van der Waals surface area (Å²) in [6.07, 6.45) is 2.64. The summed E-state index contributed by atoms with van der Waals surface area (Å²) in [6, 6.07) is -0.408. The number of amides is 1. The first-order valence-electron chi connectivity index (χ1n) is 8.69. The van der Waals surface area contributed by atoms with Crippen molar-refractivity contribution in [1.29, 1.82) is 0 Å². The van der Waals surface area contributed by atoms with Crippen LogP contribution in [-0.4, -0.2) is 40.2 Å².